The maximum Gasteiger partial charge on any atom is 0.112 e. The van der Waals surface area contributed by atoms with Crippen molar-refractivity contribution >= 4 is 0 Å². The van der Waals surface area contributed by atoms with E-state index < -0.39 is 0 Å². The van der Waals surface area contributed by atoms with Crippen LogP contribution in [-0.2, 0) is 20.5 Å². The molecule has 0 aromatic carbocycles. The van der Waals surface area contributed by atoms with Gasteiger partial charge in [0, 0.05) is 39.1 Å². The van der Waals surface area contributed by atoms with Crippen LogP contribution >= 0.6 is 0 Å². The molecule has 0 aliphatic carbocycles. The summed E-state index contributed by atoms with van der Waals surface area (Å²) >= 11 is 0. The van der Waals surface area contributed by atoms with E-state index in [1.54, 1.807) is 4.68 Å². The molecule has 2 heterocycles. The average molecular weight is 176 g/mol. The zero-order valence-corrected chi connectivity index (χ0v) is 7.81. The van der Waals surface area contributed by atoms with E-state index in [2.05, 4.69) is 10.1 Å². The third-order valence-corrected chi connectivity index (χ3v) is 2.04. The van der Waals surface area contributed by atoms with Crippen LogP contribution < -0.4 is 0 Å². The molecule has 2 rings (SSSR count). The van der Waals surface area contributed by atoms with E-state index in [-0.39, 0.29) is 0 Å². The van der Waals surface area contributed by atoms with Crippen LogP contribution in [0.3, 0.4) is 0 Å². The van der Waals surface area contributed by atoms with Crippen LogP contribution in [0.15, 0.2) is 24.8 Å². The molecule has 0 aliphatic rings. The maximum atomic E-state index is 4.25. The molecule has 0 unspecified atom stereocenters. The normalized spacial score (nSPS) is 10.6. The number of nitrogens with zero attached hydrogens (tertiary/aromatic N) is 4. The van der Waals surface area contributed by atoms with Gasteiger partial charge in [-0.2, -0.15) is 5.10 Å². The largest absolute Gasteiger partial charge is 0.338 e. The van der Waals surface area contributed by atoms with Gasteiger partial charge in [0.1, 0.15) is 5.82 Å². The lowest BCUT2D eigenvalue weighted by molar-refractivity contribution is 0.766. The first-order valence-corrected chi connectivity index (χ1v) is 4.19. The van der Waals surface area contributed by atoms with Gasteiger partial charge in [0.05, 0.1) is 6.20 Å². The quantitative estimate of drug-likeness (QED) is 0.676. The summed E-state index contributed by atoms with van der Waals surface area (Å²) < 4.78 is 3.82. The molecular formula is C9H12N4. The van der Waals surface area contributed by atoms with Crippen LogP contribution in [0.4, 0.5) is 0 Å². The monoisotopic (exact) mass is 176 g/mol. The van der Waals surface area contributed by atoms with Crippen LogP contribution in [0.25, 0.3) is 0 Å². The van der Waals surface area contributed by atoms with Crippen molar-refractivity contribution in [3.8, 4) is 0 Å². The number of imidazole rings is 1. The first-order chi connectivity index (χ1) is 6.25. The van der Waals surface area contributed by atoms with Gasteiger partial charge in [0.25, 0.3) is 0 Å². The van der Waals surface area contributed by atoms with Gasteiger partial charge in [-0.3, -0.25) is 4.68 Å². The smallest absolute Gasteiger partial charge is 0.112 e. The van der Waals surface area contributed by atoms with Crippen molar-refractivity contribution in [2.75, 3.05) is 0 Å². The molecule has 0 aliphatic heterocycles. The van der Waals surface area contributed by atoms with E-state index in [0.717, 1.165) is 12.2 Å². The van der Waals surface area contributed by atoms with Crippen LogP contribution in [-0.4, -0.2) is 19.3 Å². The number of aryl methyl sites for hydroxylation is 2. The van der Waals surface area contributed by atoms with Gasteiger partial charge < -0.3 is 4.57 Å². The molecule has 0 amide bonds. The van der Waals surface area contributed by atoms with E-state index in [9.17, 15) is 0 Å². The maximum absolute atomic E-state index is 4.25. The zero-order chi connectivity index (χ0) is 9.26. The highest BCUT2D eigenvalue weighted by Crippen LogP contribution is 2.04. The fourth-order valence-electron chi connectivity index (χ4n) is 1.31. The molecule has 0 spiro atoms. The van der Waals surface area contributed by atoms with Crippen LogP contribution in [0.2, 0.25) is 0 Å². The van der Waals surface area contributed by atoms with Crippen LogP contribution in [0, 0.1) is 0 Å². The predicted octanol–water partition coefficient (Wildman–Crippen LogP) is 0.744. The fourth-order valence-corrected chi connectivity index (χ4v) is 1.31. The van der Waals surface area contributed by atoms with Gasteiger partial charge in [-0.15, -0.1) is 0 Å². The minimum atomic E-state index is 0.845. The molecule has 4 heteroatoms. The Balaban J connectivity index is 2.19. The Kier molecular flexibility index (Phi) is 1.88. The third kappa shape index (κ3) is 1.61. The number of rotatable bonds is 2. The minimum absolute atomic E-state index is 0.845. The van der Waals surface area contributed by atoms with Crippen molar-refractivity contribution in [3.63, 3.8) is 0 Å². The van der Waals surface area contributed by atoms with Crippen molar-refractivity contribution in [1.29, 1.82) is 0 Å². The van der Waals surface area contributed by atoms with Gasteiger partial charge in [-0.05, 0) is 5.56 Å². The summed E-state index contributed by atoms with van der Waals surface area (Å²) in [6.45, 7) is 0. The van der Waals surface area contributed by atoms with Crippen molar-refractivity contribution in [2.24, 2.45) is 14.1 Å². The van der Waals surface area contributed by atoms with E-state index >= 15 is 0 Å². The molecule has 2 aromatic heterocycles. The van der Waals surface area contributed by atoms with Crippen LogP contribution in [0.5, 0.6) is 0 Å². The molecule has 2 aromatic rings. The Hall–Kier alpha value is -1.58. The van der Waals surface area contributed by atoms with Gasteiger partial charge in [0.2, 0.25) is 0 Å². The van der Waals surface area contributed by atoms with Gasteiger partial charge >= 0.3 is 0 Å². The van der Waals surface area contributed by atoms with Crippen molar-refractivity contribution in [1.82, 2.24) is 19.3 Å². The molecule has 0 saturated heterocycles. The molecule has 68 valence electrons. The summed E-state index contributed by atoms with van der Waals surface area (Å²) in [6.07, 6.45) is 8.48. The van der Waals surface area contributed by atoms with E-state index in [4.69, 9.17) is 0 Å². The topological polar surface area (TPSA) is 35.6 Å². The van der Waals surface area contributed by atoms with E-state index in [1.165, 1.54) is 5.56 Å². The molecule has 0 atom stereocenters. The van der Waals surface area contributed by atoms with Gasteiger partial charge in [-0.25, -0.2) is 4.98 Å². The highest BCUT2D eigenvalue weighted by atomic mass is 15.2. The Morgan fingerprint density at radius 3 is 2.77 bits per heavy atom. The second kappa shape index (κ2) is 3.05. The van der Waals surface area contributed by atoms with E-state index in [0.29, 0.717) is 0 Å². The molecular weight excluding hydrogens is 164 g/mol. The lowest BCUT2D eigenvalue weighted by Gasteiger charge is -1.97. The summed E-state index contributed by atoms with van der Waals surface area (Å²) in [6, 6.07) is 0. The van der Waals surface area contributed by atoms with E-state index in [1.807, 2.05) is 43.4 Å². The molecule has 0 fully saturated rings. The molecule has 0 saturated carbocycles. The molecule has 13 heavy (non-hydrogen) atoms. The molecule has 0 bridgehead atoms. The van der Waals surface area contributed by atoms with Crippen LogP contribution in [0.1, 0.15) is 11.4 Å². The summed E-state index contributed by atoms with van der Waals surface area (Å²) in [5, 5.41) is 4.11. The number of hydrogen-bond donors (Lipinski definition) is 0. The first-order valence-electron chi connectivity index (χ1n) is 4.19. The first kappa shape index (κ1) is 8.04. The SMILES string of the molecule is Cn1cc(Cc2nccn2C)cn1. The second-order valence-corrected chi connectivity index (χ2v) is 3.15. The van der Waals surface area contributed by atoms with Gasteiger partial charge in [-0.1, -0.05) is 0 Å². The minimum Gasteiger partial charge on any atom is -0.338 e. The number of hydrogen-bond acceptors (Lipinski definition) is 2. The summed E-state index contributed by atoms with van der Waals surface area (Å²) in [5.41, 5.74) is 1.19. The van der Waals surface area contributed by atoms with Gasteiger partial charge in [0.15, 0.2) is 0 Å². The highest BCUT2D eigenvalue weighted by Gasteiger charge is 2.02. The Morgan fingerprint density at radius 1 is 1.38 bits per heavy atom. The van der Waals surface area contributed by atoms with Crippen molar-refractivity contribution in [3.05, 3.63) is 36.2 Å². The highest BCUT2D eigenvalue weighted by molar-refractivity contribution is 5.11. The zero-order valence-electron chi connectivity index (χ0n) is 7.81. The fraction of sp³-hybridized carbons (Fsp3) is 0.333. The molecule has 4 nitrogen and oxygen atoms in total. The predicted molar refractivity (Wildman–Crippen MR) is 49.2 cm³/mol. The lowest BCUT2D eigenvalue weighted by Crippen LogP contribution is -1.97. The van der Waals surface area contributed by atoms with Crippen molar-refractivity contribution < 1.29 is 0 Å². The molecule has 0 N–H and O–H groups in total. The Bertz CT molecular complexity index is 399. The van der Waals surface area contributed by atoms with Crippen molar-refractivity contribution in [2.45, 2.75) is 6.42 Å². The number of aromatic nitrogens is 4. The Morgan fingerprint density at radius 2 is 2.23 bits per heavy atom. The molecule has 0 radical (unpaired) electrons. The lowest BCUT2D eigenvalue weighted by atomic mass is 10.2. The third-order valence-electron chi connectivity index (χ3n) is 2.04. The standard InChI is InChI=1S/C9H12N4/c1-12-4-3-10-9(12)5-8-6-11-13(2)7-8/h3-4,6-7H,5H2,1-2H3. The summed E-state index contributed by atoms with van der Waals surface area (Å²) in [4.78, 5) is 4.25. The summed E-state index contributed by atoms with van der Waals surface area (Å²) in [5.74, 6) is 1.06. The average Bonchev–Trinajstić information content (AvgIpc) is 2.64. The Labute approximate surface area is 76.8 Å². The summed E-state index contributed by atoms with van der Waals surface area (Å²) in [7, 11) is 3.92. The second-order valence-electron chi connectivity index (χ2n) is 3.15.